The molecule has 9 N–H and O–H groups in total. The van der Waals surface area contributed by atoms with Crippen LogP contribution >= 0.6 is 45.6 Å². The van der Waals surface area contributed by atoms with Gasteiger partial charge in [0, 0.05) is 79.6 Å². The Kier molecular flexibility index (Phi) is 19.8. The van der Waals surface area contributed by atoms with E-state index in [2.05, 4.69) is 15.0 Å². The highest BCUT2D eigenvalue weighted by atomic mass is 31.3. The third-order valence-electron chi connectivity index (χ3n) is 12.2. The fourth-order valence-electron chi connectivity index (χ4n) is 7.71. The Morgan fingerprint density at radius 2 is 0.840 bits per heavy atom. The van der Waals surface area contributed by atoms with E-state index in [1.807, 2.05) is 13.8 Å². The minimum Gasteiger partial charge on any atom is -0.497 e. The second kappa shape index (κ2) is 25.2. The molecule has 0 amide bonds. The summed E-state index contributed by atoms with van der Waals surface area (Å²) in [6, 6.07) is 27.0. The minimum absolute atomic E-state index is 0.122. The van der Waals surface area contributed by atoms with Gasteiger partial charge in [-0.3, -0.25) is 74.3 Å². The van der Waals surface area contributed by atoms with E-state index in [0.717, 1.165) is 5.56 Å². The topological polar surface area (TPSA) is 414 Å². The van der Waals surface area contributed by atoms with Crippen LogP contribution < -0.4 is 9.47 Å². The number of carbonyl (C=O) groups is 1. The van der Waals surface area contributed by atoms with E-state index < -0.39 is 105 Å². The van der Waals surface area contributed by atoms with Crippen molar-refractivity contribution < 1.29 is 113 Å². The summed E-state index contributed by atoms with van der Waals surface area (Å²) in [6.45, 7) is 3.67. The normalized spacial score (nSPS) is 33.6. The third kappa shape index (κ3) is 14.1. The summed E-state index contributed by atoms with van der Waals surface area (Å²) in [5.41, 5.74) is 2.32. The van der Waals surface area contributed by atoms with Gasteiger partial charge in [-0.05, 0) is 72.5 Å². The van der Waals surface area contributed by atoms with E-state index in [9.17, 15) is 76.9 Å². The number of esters is 1. The Bertz CT molecular complexity index is 3380. The summed E-state index contributed by atoms with van der Waals surface area (Å²) < 4.78 is 116. The molecule has 0 saturated carbocycles. The number of pyridine rings is 3. The lowest BCUT2D eigenvalue weighted by molar-refractivity contribution is -0.134. The first-order valence-corrected chi connectivity index (χ1v) is 33.3. The Morgan fingerprint density at radius 1 is 0.494 bits per heavy atom. The lowest BCUT2D eigenvalue weighted by Gasteiger charge is -2.41. The van der Waals surface area contributed by atoms with Gasteiger partial charge in [0.05, 0.1) is 7.11 Å². The molecule has 0 aliphatic carbocycles. The number of aryl methyl sites for hydroxylation is 1. The quantitative estimate of drug-likeness (QED) is 0.0299. The van der Waals surface area contributed by atoms with Gasteiger partial charge in [-0.15, -0.1) is 0 Å². The molecule has 6 unspecified atom stereocenters. The van der Waals surface area contributed by atoms with Gasteiger partial charge in [0.15, 0.2) is 0 Å². The fraction of sp³-hybridized carbons (Fsp3) is 0.292. The van der Waals surface area contributed by atoms with Gasteiger partial charge in [0.25, 0.3) is 15.2 Å². The number of nitrogens with zero attached hydrogens (tertiary/aromatic N) is 3. The number of methoxy groups -OCH3 is 1. The number of aliphatic hydroxyl groups is 3. The highest BCUT2D eigenvalue weighted by molar-refractivity contribution is 7.74. The van der Waals surface area contributed by atoms with Gasteiger partial charge < -0.3 is 54.2 Å². The van der Waals surface area contributed by atoms with E-state index in [1.165, 1.54) is 117 Å². The molecule has 9 rings (SSSR count). The van der Waals surface area contributed by atoms with Gasteiger partial charge in [0.1, 0.15) is 11.5 Å². The van der Waals surface area contributed by atoms with Crippen molar-refractivity contribution in [3.05, 3.63) is 185 Å². The molecule has 3 aliphatic heterocycles. The second-order valence-electron chi connectivity index (χ2n) is 18.2. The predicted octanol–water partition coefficient (Wildman–Crippen LogP) is 8.18. The van der Waals surface area contributed by atoms with Crippen LogP contribution in [0.3, 0.4) is 0 Å². The molecule has 0 spiro atoms. The summed E-state index contributed by atoms with van der Waals surface area (Å²) in [6.07, 6.45) is 2.32. The van der Waals surface area contributed by atoms with Crippen LogP contribution in [0.5, 0.6) is 11.5 Å². The van der Waals surface area contributed by atoms with Crippen LogP contribution in [0.4, 0.5) is 0 Å². The van der Waals surface area contributed by atoms with Crippen LogP contribution in [0.2, 0.25) is 0 Å². The van der Waals surface area contributed by atoms with Crippen LogP contribution in [0.1, 0.15) is 77.6 Å². The molecule has 3 aliphatic rings. The molecule has 3 aromatic carbocycles. The number of hydrogen-bond acceptors (Lipinski definition) is 21. The van der Waals surface area contributed by atoms with Crippen molar-refractivity contribution in [2.75, 3.05) is 7.11 Å². The first kappa shape index (κ1) is 63.7. The number of carbonyl (C=O) groups excluding carboxylic acids is 1. The Morgan fingerprint density at radius 3 is 1.16 bits per heavy atom. The monoisotopic (exact) mass is 1240 g/mol. The van der Waals surface area contributed by atoms with Crippen molar-refractivity contribution in [1.82, 2.24) is 15.0 Å². The summed E-state index contributed by atoms with van der Waals surface area (Å²) >= 11 is 0. The molecule has 6 heterocycles. The molecular weight excluding hydrogens is 1190 g/mol. The van der Waals surface area contributed by atoms with Crippen LogP contribution in [-0.2, 0) is 78.6 Å². The van der Waals surface area contributed by atoms with E-state index in [0.29, 0.717) is 12.2 Å². The molecule has 33 heteroatoms. The predicted molar refractivity (Wildman–Crippen MR) is 284 cm³/mol. The van der Waals surface area contributed by atoms with Gasteiger partial charge >= 0.3 is 51.5 Å². The molecule has 436 valence electrons. The van der Waals surface area contributed by atoms with Gasteiger partial charge in [-0.1, -0.05) is 79.2 Å². The molecule has 27 nitrogen and oxygen atoms in total. The minimum atomic E-state index is -5.06. The van der Waals surface area contributed by atoms with Crippen molar-refractivity contribution in [2.45, 2.75) is 80.1 Å². The number of aromatic nitrogens is 3. The van der Waals surface area contributed by atoms with Crippen molar-refractivity contribution in [3.8, 4) is 11.5 Å². The van der Waals surface area contributed by atoms with Gasteiger partial charge in [-0.25, -0.2) is 0 Å². The number of benzene rings is 3. The van der Waals surface area contributed by atoms with Crippen LogP contribution in [-0.4, -0.2) is 88.0 Å². The Balaban J connectivity index is 0.000000176. The second-order valence-corrected chi connectivity index (χ2v) is 31.2. The lowest BCUT2D eigenvalue weighted by Crippen LogP contribution is -2.37. The zero-order valence-electron chi connectivity index (χ0n) is 42.8. The smallest absolute Gasteiger partial charge is 0.374 e. The third-order valence-corrected chi connectivity index (χ3v) is 26.0. The Hall–Kier alpha value is -4.84. The molecule has 0 bridgehead atoms. The zero-order valence-corrected chi connectivity index (χ0v) is 48.2. The van der Waals surface area contributed by atoms with E-state index in [-0.39, 0.29) is 45.6 Å². The van der Waals surface area contributed by atoms with Crippen molar-refractivity contribution >= 4 is 51.5 Å². The summed E-state index contributed by atoms with van der Waals surface area (Å²) in [5.74, 6) is 0.197. The molecule has 3 aromatic heterocycles. The molecule has 3 saturated heterocycles. The van der Waals surface area contributed by atoms with Crippen LogP contribution in [0.25, 0.3) is 0 Å². The number of rotatable bonds is 13. The van der Waals surface area contributed by atoms with E-state index >= 15 is 0 Å². The summed E-state index contributed by atoms with van der Waals surface area (Å²) in [5, 5.41) is 22.8. The summed E-state index contributed by atoms with van der Waals surface area (Å²) in [7, 11) is -28.6. The highest BCUT2D eigenvalue weighted by Gasteiger charge is 2.69. The van der Waals surface area contributed by atoms with Gasteiger partial charge in [0.2, 0.25) is 18.9 Å². The van der Waals surface area contributed by atoms with Gasteiger partial charge in [-0.2, -0.15) is 0 Å². The van der Waals surface area contributed by atoms with Crippen LogP contribution in [0.15, 0.2) is 146 Å². The first-order valence-electron chi connectivity index (χ1n) is 23.8. The molecule has 0 radical (unpaired) electrons. The maximum Gasteiger partial charge on any atom is 0.374 e. The number of hydrogen-bond donors (Lipinski definition) is 9. The SMILES string of the molecule is CCCC(=O)Oc1ccc(C2OP(=O)(O)C(O)(Cc3cccnc3)P(=O)(O)O2)cc1.COc1cccc(C2OP(=O)(O)C(O)(Cc3cccnc3)P(=O)(O)O2)c1.Cc1ccc(C2OP(=O)(O)C(O)(Cc3cccnc3)P(=O)(O)O2)cc1. The van der Waals surface area contributed by atoms with Crippen LogP contribution in [0, 0.1) is 6.92 Å². The fourth-order valence-corrected chi connectivity index (χ4v) is 18.4. The van der Waals surface area contributed by atoms with Crippen molar-refractivity contribution in [2.24, 2.45) is 0 Å². The first-order chi connectivity index (χ1) is 37.9. The zero-order chi connectivity index (χ0) is 59.3. The average molecular weight is 1240 g/mol. The molecule has 81 heavy (non-hydrogen) atoms. The standard InChI is InChI=1S/C18H21NO9P2.C15H17NO8P2.C15H17NO7P2/c1-2-4-16(20)26-15-8-6-14(7-9-15)17-27-29(22,23)18(21,30(24,25)28-17)11-13-5-3-10-19-12-13;1-22-13-6-2-5-12(8-13)14-23-25(18,19)15(17,26(20,21)24-14)9-11-4-3-7-16-10-11;1-11-4-6-13(7-5-11)14-22-24(18,19)15(17,25(20,21)23-14)9-12-3-2-8-16-10-12/h3,5-10,12,17,21H,2,4,11H2,1H3,(H,22,23)(H,24,25);2-8,10,14,17H,9H2,1H3,(H,18,19)(H,20,21);2-8,10,14,17H,9H2,1H3,(H,18,19)(H,20,21). The largest absolute Gasteiger partial charge is 0.497 e. The molecule has 3 fully saturated rings. The van der Waals surface area contributed by atoms with E-state index in [1.54, 1.807) is 36.4 Å². The van der Waals surface area contributed by atoms with Crippen molar-refractivity contribution in [1.29, 1.82) is 0 Å². The maximum atomic E-state index is 12.8. The molecule has 6 aromatic rings. The maximum absolute atomic E-state index is 12.8. The summed E-state index contributed by atoms with van der Waals surface area (Å²) in [4.78, 5) is 84.6. The van der Waals surface area contributed by atoms with Crippen molar-refractivity contribution in [3.63, 3.8) is 0 Å². The Labute approximate surface area is 462 Å². The van der Waals surface area contributed by atoms with E-state index in [4.69, 9.17) is 36.6 Å². The highest BCUT2D eigenvalue weighted by Crippen LogP contribution is 2.81. The lowest BCUT2D eigenvalue weighted by atomic mass is 10.1. The number of ether oxygens (including phenoxy) is 2. The molecular formula is C48H55N3O24P6. The molecule has 6 atom stereocenters. The average Bonchev–Trinajstić information content (AvgIpc) is 3.52.